The largest absolute Gasteiger partial charge is 0.397 e. The summed E-state index contributed by atoms with van der Waals surface area (Å²) in [6.45, 7) is 6.98. The zero-order chi connectivity index (χ0) is 14.0. The lowest BCUT2D eigenvalue weighted by Crippen LogP contribution is -2.35. The number of nitrogens with one attached hydrogen (secondary N) is 1. The summed E-state index contributed by atoms with van der Waals surface area (Å²) in [6.07, 6.45) is 3.63. The topological polar surface area (TPSA) is 61.8 Å². The molecular weight excluding hydrogens is 234 g/mol. The van der Waals surface area contributed by atoms with Crippen molar-refractivity contribution in [3.05, 3.63) is 23.8 Å². The highest BCUT2D eigenvalue weighted by molar-refractivity contribution is 5.68. The lowest BCUT2D eigenvalue weighted by atomic mass is 9.70. The van der Waals surface area contributed by atoms with Crippen LogP contribution in [0.1, 0.15) is 45.6 Å². The molecule has 1 fully saturated rings. The first kappa shape index (κ1) is 13.7. The van der Waals surface area contributed by atoms with Gasteiger partial charge >= 0.3 is 0 Å². The zero-order valence-corrected chi connectivity index (χ0v) is 12.0. The van der Waals surface area contributed by atoms with Crippen LogP contribution in [-0.2, 0) is 0 Å². The molecule has 1 aromatic rings. The van der Waals surface area contributed by atoms with Crippen molar-refractivity contribution in [1.29, 1.82) is 5.26 Å². The van der Waals surface area contributed by atoms with Gasteiger partial charge in [0.15, 0.2) is 0 Å². The van der Waals surface area contributed by atoms with Crippen molar-refractivity contribution in [2.24, 2.45) is 11.3 Å². The van der Waals surface area contributed by atoms with E-state index in [-0.39, 0.29) is 0 Å². The van der Waals surface area contributed by atoms with Crippen molar-refractivity contribution in [3.8, 4) is 6.07 Å². The number of nitriles is 1. The van der Waals surface area contributed by atoms with E-state index in [1.165, 1.54) is 12.8 Å². The summed E-state index contributed by atoms with van der Waals surface area (Å²) in [7, 11) is 0. The molecule has 1 aromatic carbocycles. The molecular formula is C16H23N3. The summed E-state index contributed by atoms with van der Waals surface area (Å²) in [4.78, 5) is 0. The maximum Gasteiger partial charge on any atom is 0.0992 e. The summed E-state index contributed by atoms with van der Waals surface area (Å²) in [5.74, 6) is 0.737. The molecule has 3 N–H and O–H groups in total. The third-order valence-electron chi connectivity index (χ3n) is 3.93. The number of benzene rings is 1. The average molecular weight is 257 g/mol. The highest BCUT2D eigenvalue weighted by Crippen LogP contribution is 2.40. The monoisotopic (exact) mass is 257 g/mol. The van der Waals surface area contributed by atoms with Gasteiger partial charge in [-0.3, -0.25) is 0 Å². The van der Waals surface area contributed by atoms with Crippen molar-refractivity contribution >= 4 is 11.4 Å². The van der Waals surface area contributed by atoms with Crippen LogP contribution in [0.3, 0.4) is 0 Å². The minimum atomic E-state index is 0.386. The molecule has 0 bridgehead atoms. The normalized spacial score (nSPS) is 25.6. The van der Waals surface area contributed by atoms with Gasteiger partial charge in [-0.05, 0) is 48.8 Å². The van der Waals surface area contributed by atoms with Gasteiger partial charge in [-0.15, -0.1) is 0 Å². The van der Waals surface area contributed by atoms with E-state index >= 15 is 0 Å². The summed E-state index contributed by atoms with van der Waals surface area (Å²) in [5.41, 5.74) is 8.61. The molecule has 102 valence electrons. The maximum absolute atomic E-state index is 8.85. The van der Waals surface area contributed by atoms with Crippen LogP contribution in [0.5, 0.6) is 0 Å². The van der Waals surface area contributed by atoms with Crippen LogP contribution in [0.4, 0.5) is 11.4 Å². The fourth-order valence-electron chi connectivity index (χ4n) is 3.44. The van der Waals surface area contributed by atoms with Gasteiger partial charge in [0.1, 0.15) is 0 Å². The molecule has 2 rings (SSSR count). The van der Waals surface area contributed by atoms with Crippen molar-refractivity contribution in [2.75, 3.05) is 11.1 Å². The van der Waals surface area contributed by atoms with E-state index in [1.807, 2.05) is 12.1 Å². The Hall–Kier alpha value is -1.69. The minimum absolute atomic E-state index is 0.386. The summed E-state index contributed by atoms with van der Waals surface area (Å²) in [5, 5.41) is 12.4. The highest BCUT2D eigenvalue weighted by Gasteiger charge is 2.32. The molecule has 19 heavy (non-hydrogen) atoms. The van der Waals surface area contributed by atoms with Gasteiger partial charge in [0.05, 0.1) is 23.0 Å². The predicted molar refractivity (Wildman–Crippen MR) is 79.8 cm³/mol. The van der Waals surface area contributed by atoms with E-state index in [2.05, 4.69) is 32.2 Å². The fraction of sp³-hybridized carbons (Fsp3) is 0.562. The van der Waals surface area contributed by atoms with Gasteiger partial charge in [-0.1, -0.05) is 20.8 Å². The molecule has 0 saturated heterocycles. The van der Waals surface area contributed by atoms with Gasteiger partial charge in [-0.2, -0.15) is 5.26 Å². The molecule has 1 aliphatic carbocycles. The second-order valence-electron chi connectivity index (χ2n) is 6.67. The van der Waals surface area contributed by atoms with Gasteiger partial charge < -0.3 is 11.1 Å². The van der Waals surface area contributed by atoms with Crippen molar-refractivity contribution in [2.45, 2.75) is 46.1 Å². The van der Waals surface area contributed by atoms with Crippen molar-refractivity contribution in [1.82, 2.24) is 0 Å². The number of nitrogen functional groups attached to an aromatic ring is 1. The second kappa shape index (κ2) is 5.13. The number of hydrogen-bond donors (Lipinski definition) is 2. The minimum Gasteiger partial charge on any atom is -0.397 e. The molecule has 2 atom stereocenters. The van der Waals surface area contributed by atoms with Crippen LogP contribution in [0.25, 0.3) is 0 Å². The highest BCUT2D eigenvalue weighted by atomic mass is 14.9. The van der Waals surface area contributed by atoms with Crippen LogP contribution in [0.2, 0.25) is 0 Å². The second-order valence-corrected chi connectivity index (χ2v) is 6.67. The zero-order valence-electron chi connectivity index (χ0n) is 12.0. The Kier molecular flexibility index (Phi) is 3.71. The number of nitrogens with zero attached hydrogens (tertiary/aromatic N) is 1. The summed E-state index contributed by atoms with van der Waals surface area (Å²) in [6, 6.07) is 8.05. The molecule has 0 heterocycles. The lowest BCUT2D eigenvalue weighted by molar-refractivity contribution is 0.178. The molecule has 1 aliphatic rings. The molecule has 0 aromatic heterocycles. The first-order chi connectivity index (χ1) is 8.89. The van der Waals surface area contributed by atoms with Crippen LogP contribution in [0, 0.1) is 22.7 Å². The number of anilines is 2. The number of rotatable bonds is 2. The Balaban J connectivity index is 2.11. The van der Waals surface area contributed by atoms with E-state index < -0.39 is 0 Å². The van der Waals surface area contributed by atoms with Gasteiger partial charge in [-0.25, -0.2) is 0 Å². The lowest BCUT2D eigenvalue weighted by Gasteiger charge is -2.39. The predicted octanol–water partition coefficient (Wildman–Crippen LogP) is 3.77. The summed E-state index contributed by atoms with van der Waals surface area (Å²) < 4.78 is 0. The molecule has 3 nitrogen and oxygen atoms in total. The van der Waals surface area contributed by atoms with E-state index in [0.717, 1.165) is 18.0 Å². The van der Waals surface area contributed by atoms with Gasteiger partial charge in [0, 0.05) is 6.04 Å². The Morgan fingerprint density at radius 2 is 2.11 bits per heavy atom. The Bertz CT molecular complexity index is 499. The molecule has 0 amide bonds. The quantitative estimate of drug-likeness (QED) is 0.793. The average Bonchev–Trinajstić information content (AvgIpc) is 2.29. The van der Waals surface area contributed by atoms with Crippen LogP contribution in [-0.4, -0.2) is 6.04 Å². The third kappa shape index (κ3) is 3.41. The first-order valence-corrected chi connectivity index (χ1v) is 6.96. The van der Waals surface area contributed by atoms with E-state index in [0.29, 0.717) is 22.7 Å². The molecule has 0 radical (unpaired) electrons. The van der Waals surface area contributed by atoms with Crippen molar-refractivity contribution in [3.63, 3.8) is 0 Å². The number of nitrogens with two attached hydrogens (primary N) is 1. The molecule has 3 heteroatoms. The van der Waals surface area contributed by atoms with Gasteiger partial charge in [0.25, 0.3) is 0 Å². The third-order valence-corrected chi connectivity index (χ3v) is 3.93. The SMILES string of the molecule is C[C@@H]1C[C@@H](Nc2ccc(C#N)cc2N)CC(C)(C)C1. The Labute approximate surface area is 115 Å². The Morgan fingerprint density at radius 1 is 1.37 bits per heavy atom. The summed E-state index contributed by atoms with van der Waals surface area (Å²) >= 11 is 0. The van der Waals surface area contributed by atoms with E-state index in [4.69, 9.17) is 11.0 Å². The van der Waals surface area contributed by atoms with E-state index in [9.17, 15) is 0 Å². The van der Waals surface area contributed by atoms with Gasteiger partial charge in [0.2, 0.25) is 0 Å². The Morgan fingerprint density at radius 3 is 2.68 bits per heavy atom. The maximum atomic E-state index is 8.85. The smallest absolute Gasteiger partial charge is 0.0992 e. The fourth-order valence-corrected chi connectivity index (χ4v) is 3.44. The molecule has 0 spiro atoms. The standard InChI is InChI=1S/C16H23N3/c1-11-6-13(9-16(2,3)8-11)19-15-5-4-12(10-17)7-14(15)18/h4-5,7,11,13,19H,6,8-9,18H2,1-3H3/t11-,13-/m1/s1. The van der Waals surface area contributed by atoms with Crippen LogP contribution >= 0.6 is 0 Å². The number of hydrogen-bond acceptors (Lipinski definition) is 3. The van der Waals surface area contributed by atoms with Crippen molar-refractivity contribution < 1.29 is 0 Å². The molecule has 0 aliphatic heterocycles. The van der Waals surface area contributed by atoms with Crippen LogP contribution in [0.15, 0.2) is 18.2 Å². The van der Waals surface area contributed by atoms with E-state index in [1.54, 1.807) is 6.07 Å². The van der Waals surface area contributed by atoms with Crippen LogP contribution < -0.4 is 11.1 Å². The first-order valence-electron chi connectivity index (χ1n) is 6.96. The molecule has 0 unspecified atom stereocenters. The molecule has 1 saturated carbocycles.